The zero-order chi connectivity index (χ0) is 14.5. The van der Waals surface area contributed by atoms with Crippen molar-refractivity contribution < 1.29 is 9.21 Å². The Morgan fingerprint density at radius 2 is 2.16 bits per heavy atom. The minimum absolute atomic E-state index is 0.0165. The second-order valence-corrected chi connectivity index (χ2v) is 5.35. The molecule has 108 valence electrons. The van der Waals surface area contributed by atoms with Crippen LogP contribution in [0.1, 0.15) is 26.7 Å². The highest BCUT2D eigenvalue weighted by Crippen LogP contribution is 2.14. The minimum Gasteiger partial charge on any atom is -0.408 e. The molecule has 0 atom stereocenters. The summed E-state index contributed by atoms with van der Waals surface area (Å²) in [5.74, 6) is 0.255. The van der Waals surface area contributed by atoms with Crippen molar-refractivity contribution in [1.29, 1.82) is 0 Å². The van der Waals surface area contributed by atoms with Crippen LogP contribution in [0.25, 0.3) is 0 Å². The van der Waals surface area contributed by atoms with Crippen LogP contribution in [0.2, 0.25) is 0 Å². The molecular weight excluding hydrogens is 246 g/mol. The third-order valence-corrected chi connectivity index (χ3v) is 2.79. The number of likely N-dealkylation sites (N-methyl/N-ethyl adjacent to an activating group) is 1. The van der Waals surface area contributed by atoms with Crippen LogP contribution < -0.4 is 11.1 Å². The molecule has 0 saturated heterocycles. The van der Waals surface area contributed by atoms with Crippen molar-refractivity contribution in [3.8, 4) is 0 Å². The summed E-state index contributed by atoms with van der Waals surface area (Å²) in [6.45, 7) is 10.2. The number of rotatable bonds is 7. The summed E-state index contributed by atoms with van der Waals surface area (Å²) in [4.78, 5) is 13.9. The maximum Gasteiger partial charge on any atom is 0.322 e. The van der Waals surface area contributed by atoms with Crippen molar-refractivity contribution in [1.82, 2.24) is 15.1 Å². The third kappa shape index (κ3) is 5.35. The Labute approximate surface area is 113 Å². The molecule has 0 radical (unpaired) electrons. The second kappa shape index (κ2) is 6.63. The SMILES string of the molecule is CCN(CC(=O)Nc1nnc(C)o1)CC(C)(C)CN. The number of carbonyl (C=O) groups is 1. The van der Waals surface area contributed by atoms with Gasteiger partial charge < -0.3 is 10.2 Å². The molecule has 19 heavy (non-hydrogen) atoms. The van der Waals surface area contributed by atoms with E-state index in [0.717, 1.165) is 13.1 Å². The van der Waals surface area contributed by atoms with Crippen LogP contribution in [0, 0.1) is 12.3 Å². The first kappa shape index (κ1) is 15.6. The predicted molar refractivity (Wildman–Crippen MR) is 72.6 cm³/mol. The number of nitrogens with zero attached hydrogens (tertiary/aromatic N) is 3. The highest BCUT2D eigenvalue weighted by molar-refractivity contribution is 5.90. The zero-order valence-electron chi connectivity index (χ0n) is 12.1. The summed E-state index contributed by atoms with van der Waals surface area (Å²) in [7, 11) is 0. The smallest absolute Gasteiger partial charge is 0.322 e. The number of nitrogens with one attached hydrogen (secondary N) is 1. The molecule has 0 saturated carbocycles. The number of aryl methyl sites for hydroxylation is 1. The Kier molecular flexibility index (Phi) is 5.44. The first-order chi connectivity index (χ1) is 8.86. The maximum atomic E-state index is 11.9. The van der Waals surface area contributed by atoms with Crippen LogP contribution in [0.15, 0.2) is 4.42 Å². The van der Waals surface area contributed by atoms with Gasteiger partial charge in [0.1, 0.15) is 0 Å². The largest absolute Gasteiger partial charge is 0.408 e. The van der Waals surface area contributed by atoms with Gasteiger partial charge in [-0.25, -0.2) is 0 Å². The minimum atomic E-state index is -0.168. The average Bonchev–Trinajstić information content (AvgIpc) is 2.73. The number of carbonyl (C=O) groups excluding carboxylic acids is 1. The first-order valence-corrected chi connectivity index (χ1v) is 6.38. The topological polar surface area (TPSA) is 97.3 Å². The van der Waals surface area contributed by atoms with Gasteiger partial charge in [0.2, 0.25) is 11.8 Å². The van der Waals surface area contributed by atoms with Gasteiger partial charge in [-0.3, -0.25) is 15.0 Å². The van der Waals surface area contributed by atoms with E-state index < -0.39 is 0 Å². The van der Waals surface area contributed by atoms with Crippen molar-refractivity contribution in [2.24, 2.45) is 11.1 Å². The molecule has 0 fully saturated rings. The number of amides is 1. The van der Waals surface area contributed by atoms with Crippen LogP contribution in [-0.4, -0.2) is 47.2 Å². The summed E-state index contributed by atoms with van der Waals surface area (Å²) in [5, 5.41) is 9.95. The highest BCUT2D eigenvalue weighted by atomic mass is 16.4. The molecule has 1 rings (SSSR count). The molecule has 1 amide bonds. The van der Waals surface area contributed by atoms with E-state index in [4.69, 9.17) is 10.2 Å². The van der Waals surface area contributed by atoms with E-state index in [1.165, 1.54) is 0 Å². The van der Waals surface area contributed by atoms with Crippen LogP contribution >= 0.6 is 0 Å². The van der Waals surface area contributed by atoms with E-state index in [1.807, 2.05) is 11.8 Å². The lowest BCUT2D eigenvalue weighted by Crippen LogP contribution is -2.42. The molecule has 0 aliphatic rings. The second-order valence-electron chi connectivity index (χ2n) is 5.35. The molecule has 0 aromatic carbocycles. The first-order valence-electron chi connectivity index (χ1n) is 6.38. The van der Waals surface area contributed by atoms with Gasteiger partial charge >= 0.3 is 6.01 Å². The molecule has 1 aromatic rings. The van der Waals surface area contributed by atoms with Crippen LogP contribution in [0.4, 0.5) is 6.01 Å². The van der Waals surface area contributed by atoms with Gasteiger partial charge in [-0.05, 0) is 18.5 Å². The van der Waals surface area contributed by atoms with Gasteiger partial charge in [-0.1, -0.05) is 25.9 Å². The Morgan fingerprint density at radius 3 is 2.63 bits per heavy atom. The fourth-order valence-corrected chi connectivity index (χ4v) is 1.66. The molecular formula is C12H23N5O2. The summed E-state index contributed by atoms with van der Waals surface area (Å²) in [6.07, 6.45) is 0. The quantitative estimate of drug-likeness (QED) is 0.753. The van der Waals surface area contributed by atoms with E-state index in [1.54, 1.807) is 6.92 Å². The van der Waals surface area contributed by atoms with Gasteiger partial charge in [0.25, 0.3) is 0 Å². The lowest BCUT2D eigenvalue weighted by molar-refractivity contribution is -0.117. The number of anilines is 1. The van der Waals surface area contributed by atoms with E-state index >= 15 is 0 Å². The van der Waals surface area contributed by atoms with Gasteiger partial charge in [-0.15, -0.1) is 5.10 Å². The van der Waals surface area contributed by atoms with Crippen molar-refractivity contribution in [2.75, 3.05) is 31.5 Å². The van der Waals surface area contributed by atoms with E-state index in [9.17, 15) is 4.79 Å². The Bertz CT molecular complexity index is 416. The van der Waals surface area contributed by atoms with Crippen LogP contribution in [0.3, 0.4) is 0 Å². The van der Waals surface area contributed by atoms with Crippen molar-refractivity contribution in [3.63, 3.8) is 0 Å². The lowest BCUT2D eigenvalue weighted by Gasteiger charge is -2.30. The van der Waals surface area contributed by atoms with Crippen LogP contribution in [0.5, 0.6) is 0 Å². The van der Waals surface area contributed by atoms with E-state index in [0.29, 0.717) is 12.4 Å². The lowest BCUT2D eigenvalue weighted by atomic mass is 9.93. The number of hydrogen-bond acceptors (Lipinski definition) is 6. The summed E-state index contributed by atoms with van der Waals surface area (Å²) in [5.41, 5.74) is 5.69. The van der Waals surface area contributed by atoms with Crippen molar-refractivity contribution in [3.05, 3.63) is 5.89 Å². The molecule has 0 unspecified atom stereocenters. The van der Waals surface area contributed by atoms with E-state index in [-0.39, 0.29) is 23.9 Å². The Hall–Kier alpha value is -1.47. The Balaban J connectivity index is 2.49. The zero-order valence-corrected chi connectivity index (χ0v) is 12.1. The predicted octanol–water partition coefficient (Wildman–Crippen LogP) is 0.623. The molecule has 7 nitrogen and oxygen atoms in total. The Morgan fingerprint density at radius 1 is 1.47 bits per heavy atom. The average molecular weight is 269 g/mol. The maximum absolute atomic E-state index is 11.9. The van der Waals surface area contributed by atoms with Crippen LogP contribution in [-0.2, 0) is 4.79 Å². The van der Waals surface area contributed by atoms with Gasteiger partial charge in [0.15, 0.2) is 0 Å². The molecule has 1 heterocycles. The van der Waals surface area contributed by atoms with Gasteiger partial charge in [0, 0.05) is 13.5 Å². The fourth-order valence-electron chi connectivity index (χ4n) is 1.66. The molecule has 1 aromatic heterocycles. The summed E-state index contributed by atoms with van der Waals surface area (Å²) < 4.78 is 5.10. The van der Waals surface area contributed by atoms with Crippen molar-refractivity contribution >= 4 is 11.9 Å². The molecule has 7 heteroatoms. The van der Waals surface area contributed by atoms with Crippen molar-refractivity contribution in [2.45, 2.75) is 27.7 Å². The molecule has 0 aliphatic heterocycles. The summed E-state index contributed by atoms with van der Waals surface area (Å²) in [6, 6.07) is 0.136. The normalized spacial score (nSPS) is 11.9. The molecule has 0 spiro atoms. The van der Waals surface area contributed by atoms with Gasteiger partial charge in [0.05, 0.1) is 6.54 Å². The molecule has 3 N–H and O–H groups in total. The third-order valence-electron chi connectivity index (χ3n) is 2.79. The molecule has 0 aliphatic carbocycles. The number of nitrogens with two attached hydrogens (primary N) is 1. The fraction of sp³-hybridized carbons (Fsp3) is 0.750. The van der Waals surface area contributed by atoms with Gasteiger partial charge in [-0.2, -0.15) is 0 Å². The van der Waals surface area contributed by atoms with E-state index in [2.05, 4.69) is 29.4 Å². The molecule has 0 bridgehead atoms. The number of hydrogen-bond donors (Lipinski definition) is 2. The number of aromatic nitrogens is 2. The summed E-state index contributed by atoms with van der Waals surface area (Å²) >= 11 is 0. The monoisotopic (exact) mass is 269 g/mol. The standard InChI is InChI=1S/C12H23N5O2/c1-5-17(8-12(3,4)7-13)6-10(18)14-11-16-15-9(2)19-11/h5-8,13H2,1-4H3,(H,14,16,18). The highest BCUT2D eigenvalue weighted by Gasteiger charge is 2.21.